The highest BCUT2D eigenvalue weighted by atomic mass is 16.8. The number of benzene rings is 1. The number of aliphatic hydroxyl groups is 5. The molecule has 0 aliphatic carbocycles. The average molecular weight is 547 g/mol. The molecular formula is C27H34N2O10. The SMILES string of the molecule is COC(=O)C1=COC(OC2OC(O)C(O)C(CO)C2O)C2C(O)CN3CCc4c([nH]c5ccccc45)C3CC12. The van der Waals surface area contributed by atoms with E-state index in [2.05, 4.69) is 16.0 Å². The van der Waals surface area contributed by atoms with E-state index < -0.39 is 67.5 Å². The van der Waals surface area contributed by atoms with Crippen molar-refractivity contribution in [2.45, 2.75) is 56.1 Å². The molecule has 1 aromatic heterocycles. The smallest absolute Gasteiger partial charge is 0.337 e. The summed E-state index contributed by atoms with van der Waals surface area (Å²) in [6.45, 7) is 0.387. The van der Waals surface area contributed by atoms with Crippen LogP contribution in [-0.2, 0) is 30.2 Å². The Morgan fingerprint density at radius 3 is 2.72 bits per heavy atom. The number of hydrogen-bond donors (Lipinski definition) is 6. The number of fused-ring (bicyclic) bond motifs is 6. The molecule has 2 fully saturated rings. The highest BCUT2D eigenvalue weighted by Crippen LogP contribution is 2.47. The average Bonchev–Trinajstić information content (AvgIpc) is 3.24. The number of methoxy groups -OCH3 is 1. The second-order valence-corrected chi connectivity index (χ2v) is 10.7. The van der Waals surface area contributed by atoms with E-state index in [1.54, 1.807) is 0 Å². The summed E-state index contributed by atoms with van der Waals surface area (Å²) in [4.78, 5) is 18.6. The number of aliphatic hydroxyl groups excluding tert-OH is 5. The maximum Gasteiger partial charge on any atom is 0.337 e. The van der Waals surface area contributed by atoms with E-state index in [0.29, 0.717) is 13.0 Å². The number of aromatic nitrogens is 1. The second-order valence-electron chi connectivity index (χ2n) is 10.7. The number of hydrogen-bond acceptors (Lipinski definition) is 11. The van der Waals surface area contributed by atoms with Crippen molar-refractivity contribution < 1.29 is 49.3 Å². The molecule has 212 valence electrons. The zero-order valence-corrected chi connectivity index (χ0v) is 21.4. The number of esters is 1. The number of H-pyrrole nitrogens is 1. The van der Waals surface area contributed by atoms with Crippen molar-refractivity contribution in [1.82, 2.24) is 9.88 Å². The Balaban J connectivity index is 1.34. The van der Waals surface area contributed by atoms with Gasteiger partial charge in [0.05, 0.1) is 43.6 Å². The van der Waals surface area contributed by atoms with Gasteiger partial charge in [0.15, 0.2) is 12.6 Å². The Labute approximate surface area is 224 Å². The first-order valence-electron chi connectivity index (χ1n) is 13.2. The van der Waals surface area contributed by atoms with E-state index in [-0.39, 0.29) is 18.2 Å². The van der Waals surface area contributed by atoms with Crippen molar-refractivity contribution in [2.75, 3.05) is 26.8 Å². The summed E-state index contributed by atoms with van der Waals surface area (Å²) in [7, 11) is 1.28. The molecule has 2 saturated heterocycles. The molecule has 0 saturated carbocycles. The van der Waals surface area contributed by atoms with Gasteiger partial charge in [-0.1, -0.05) is 18.2 Å². The molecule has 12 nitrogen and oxygen atoms in total. The fourth-order valence-electron chi connectivity index (χ4n) is 6.72. The summed E-state index contributed by atoms with van der Waals surface area (Å²) in [6, 6.07) is 7.99. The molecule has 0 spiro atoms. The van der Waals surface area contributed by atoms with Gasteiger partial charge >= 0.3 is 5.97 Å². The van der Waals surface area contributed by atoms with Crippen molar-refractivity contribution in [1.29, 1.82) is 0 Å². The van der Waals surface area contributed by atoms with Crippen LogP contribution in [0.25, 0.3) is 10.9 Å². The summed E-state index contributed by atoms with van der Waals surface area (Å²) in [5.41, 5.74) is 3.58. The monoisotopic (exact) mass is 546 g/mol. The first-order chi connectivity index (χ1) is 18.8. The fraction of sp³-hybridized carbons (Fsp3) is 0.593. The molecule has 5 heterocycles. The summed E-state index contributed by atoms with van der Waals surface area (Å²) >= 11 is 0. The van der Waals surface area contributed by atoms with Gasteiger partial charge in [-0.15, -0.1) is 0 Å². The summed E-state index contributed by atoms with van der Waals surface area (Å²) in [5.74, 6) is -2.99. The van der Waals surface area contributed by atoms with Crippen LogP contribution in [0.5, 0.6) is 0 Å². The Bertz CT molecular complexity index is 1250. The van der Waals surface area contributed by atoms with Gasteiger partial charge in [-0.25, -0.2) is 4.79 Å². The molecular weight excluding hydrogens is 512 g/mol. The van der Waals surface area contributed by atoms with Gasteiger partial charge in [-0.05, 0) is 24.5 Å². The minimum atomic E-state index is -1.70. The molecule has 39 heavy (non-hydrogen) atoms. The molecule has 0 bridgehead atoms. The van der Waals surface area contributed by atoms with Gasteiger partial charge in [0.25, 0.3) is 0 Å². The molecule has 1 aromatic carbocycles. The largest absolute Gasteiger partial charge is 0.471 e. The number of nitrogens with zero attached hydrogens (tertiary/aromatic N) is 1. The molecule has 0 amide bonds. The van der Waals surface area contributed by atoms with Gasteiger partial charge in [-0.2, -0.15) is 0 Å². The standard InChI is InChI=1S/C27H34N2O10/c1-36-24(34)16-11-37-26(39-27-23(33)15(10-30)22(32)25(35)38-27)20-14(16)8-18-21-13(6-7-29(18)9-19(20)31)12-4-2-3-5-17(12)28-21/h2-5,11,14-15,18-20,22-23,25-28,30-33,35H,6-10H2,1H3. The number of para-hydroxylation sites is 1. The van der Waals surface area contributed by atoms with Crippen LogP contribution in [0.3, 0.4) is 0 Å². The zero-order valence-electron chi connectivity index (χ0n) is 21.4. The molecule has 6 N–H and O–H groups in total. The van der Waals surface area contributed by atoms with E-state index in [0.717, 1.165) is 23.0 Å². The van der Waals surface area contributed by atoms with Gasteiger partial charge in [0.1, 0.15) is 12.2 Å². The Kier molecular flexibility index (Phi) is 7.14. The predicted octanol–water partition coefficient (Wildman–Crippen LogP) is -0.501. The van der Waals surface area contributed by atoms with Gasteiger partial charge in [0, 0.05) is 41.5 Å². The molecule has 2 aromatic rings. The predicted molar refractivity (Wildman–Crippen MR) is 133 cm³/mol. The summed E-state index contributed by atoms with van der Waals surface area (Å²) < 4.78 is 22.1. The zero-order chi connectivity index (χ0) is 27.4. The molecule has 10 atom stereocenters. The number of rotatable bonds is 4. The van der Waals surface area contributed by atoms with Crippen LogP contribution >= 0.6 is 0 Å². The topological polar surface area (TPSA) is 174 Å². The molecule has 4 aliphatic heterocycles. The van der Waals surface area contributed by atoms with Crippen molar-refractivity contribution in [3.8, 4) is 0 Å². The Morgan fingerprint density at radius 1 is 1.15 bits per heavy atom. The second kappa shape index (κ2) is 10.5. The molecule has 12 heteroatoms. The van der Waals surface area contributed by atoms with Gasteiger partial charge in [-0.3, -0.25) is 4.90 Å². The van der Waals surface area contributed by atoms with Crippen molar-refractivity contribution in [3.05, 3.63) is 47.4 Å². The number of nitrogens with one attached hydrogen (secondary N) is 1. The van der Waals surface area contributed by atoms with E-state index in [1.165, 1.54) is 18.9 Å². The lowest BCUT2D eigenvalue weighted by Gasteiger charge is -2.44. The van der Waals surface area contributed by atoms with Crippen LogP contribution in [0.4, 0.5) is 0 Å². The van der Waals surface area contributed by atoms with Gasteiger partial charge < -0.3 is 49.5 Å². The van der Waals surface area contributed by atoms with Crippen molar-refractivity contribution >= 4 is 16.9 Å². The lowest BCUT2D eigenvalue weighted by Crippen LogP contribution is -2.58. The van der Waals surface area contributed by atoms with E-state index in [1.807, 2.05) is 18.2 Å². The lowest BCUT2D eigenvalue weighted by atomic mass is 9.77. The Hall–Kier alpha value is -2.55. The van der Waals surface area contributed by atoms with Crippen LogP contribution in [0, 0.1) is 17.8 Å². The maximum absolute atomic E-state index is 12.8. The molecule has 6 rings (SSSR count). The third kappa shape index (κ3) is 4.45. The van der Waals surface area contributed by atoms with Crippen LogP contribution in [0.1, 0.15) is 23.7 Å². The highest BCUT2D eigenvalue weighted by Gasteiger charge is 2.52. The van der Waals surface area contributed by atoms with Crippen LogP contribution < -0.4 is 0 Å². The first kappa shape index (κ1) is 26.7. The molecule has 10 unspecified atom stereocenters. The van der Waals surface area contributed by atoms with Crippen LogP contribution in [0.2, 0.25) is 0 Å². The number of carbonyl (C=O) groups excluding carboxylic acids is 1. The van der Waals surface area contributed by atoms with Crippen molar-refractivity contribution in [3.63, 3.8) is 0 Å². The number of ether oxygens (including phenoxy) is 4. The molecule has 4 aliphatic rings. The highest BCUT2D eigenvalue weighted by molar-refractivity contribution is 5.89. The lowest BCUT2D eigenvalue weighted by molar-refractivity contribution is -0.368. The van der Waals surface area contributed by atoms with Gasteiger partial charge in [0.2, 0.25) is 6.29 Å². The number of carbonyl (C=O) groups is 1. The van der Waals surface area contributed by atoms with E-state index >= 15 is 0 Å². The summed E-state index contributed by atoms with van der Waals surface area (Å²) in [6.07, 6.45) is -5.79. The van der Waals surface area contributed by atoms with E-state index in [4.69, 9.17) is 18.9 Å². The van der Waals surface area contributed by atoms with Crippen LogP contribution in [-0.4, -0.2) is 105 Å². The van der Waals surface area contributed by atoms with Crippen LogP contribution in [0.15, 0.2) is 36.1 Å². The van der Waals surface area contributed by atoms with E-state index in [9.17, 15) is 30.3 Å². The number of aromatic amines is 1. The first-order valence-corrected chi connectivity index (χ1v) is 13.2. The minimum absolute atomic E-state index is 0.120. The minimum Gasteiger partial charge on any atom is -0.471 e. The third-order valence-electron chi connectivity index (χ3n) is 8.74. The third-order valence-corrected chi connectivity index (χ3v) is 8.74. The normalized spacial score (nSPS) is 38.6. The fourth-order valence-corrected chi connectivity index (χ4v) is 6.72. The quantitative estimate of drug-likeness (QED) is 0.273. The van der Waals surface area contributed by atoms with Crippen molar-refractivity contribution in [2.24, 2.45) is 17.8 Å². The molecule has 0 radical (unpaired) electrons. The Morgan fingerprint density at radius 2 is 1.95 bits per heavy atom. The summed E-state index contributed by atoms with van der Waals surface area (Å²) in [5, 5.41) is 53.2. The maximum atomic E-state index is 12.8.